The fourth-order valence-corrected chi connectivity index (χ4v) is 0.457. The maximum absolute atomic E-state index is 11.9. The van der Waals surface area contributed by atoms with E-state index in [1.807, 2.05) is 0 Å². The van der Waals surface area contributed by atoms with Crippen LogP contribution in [0, 0.1) is 17.9 Å². The van der Waals surface area contributed by atoms with Gasteiger partial charge in [0, 0.05) is 17.2 Å². The monoisotopic (exact) mass is 128 g/mol. The van der Waals surface area contributed by atoms with Crippen molar-refractivity contribution in [3.05, 3.63) is 35.1 Å². The fourth-order valence-electron chi connectivity index (χ4n) is 0.348. The lowest BCUT2D eigenvalue weighted by molar-refractivity contribution is 0.623. The van der Waals surface area contributed by atoms with Crippen molar-refractivity contribution in [2.24, 2.45) is 0 Å². The molecule has 0 nitrogen and oxygen atoms in total. The van der Waals surface area contributed by atoms with Crippen LogP contribution in [0.15, 0.2) is 12.1 Å². The number of hydrogen-bond acceptors (Lipinski definition) is 0. The molecule has 1 aromatic rings. The summed E-state index contributed by atoms with van der Waals surface area (Å²) in [7, 11) is 0. The topological polar surface area (TPSA) is 0 Å². The molecule has 0 aromatic heterocycles. The summed E-state index contributed by atoms with van der Waals surface area (Å²) in [5, 5.41) is 0.450. The molecule has 0 heterocycles. The van der Waals surface area contributed by atoms with Crippen LogP contribution < -0.4 is 0 Å². The molecule has 0 bridgehead atoms. The predicted molar refractivity (Wildman–Crippen MR) is 29.1 cm³/mol. The molecule has 8 heavy (non-hydrogen) atoms. The molecule has 0 unspecified atom stereocenters. The van der Waals surface area contributed by atoms with Gasteiger partial charge in [0.1, 0.15) is 5.82 Å². The predicted octanol–water partition coefficient (Wildman–Crippen LogP) is 2.08. The van der Waals surface area contributed by atoms with Crippen molar-refractivity contribution in [3.8, 4) is 0 Å². The number of halogens is 2. The minimum Gasteiger partial charge on any atom is -0.206 e. The zero-order chi connectivity index (χ0) is 5.98. The first-order chi connectivity index (χ1) is 3.79. The van der Waals surface area contributed by atoms with Crippen molar-refractivity contribution in [2.75, 3.05) is 0 Å². The molecule has 1 rings (SSSR count). The van der Waals surface area contributed by atoms with Gasteiger partial charge in [0.05, 0.1) is 0 Å². The average Bonchev–Trinajstić information content (AvgIpc) is 1.77. The zero-order valence-corrected chi connectivity index (χ0v) is 4.67. The molecule has 0 N–H and O–H groups in total. The van der Waals surface area contributed by atoms with Crippen molar-refractivity contribution < 1.29 is 4.39 Å². The van der Waals surface area contributed by atoms with E-state index in [1.165, 1.54) is 12.1 Å². The van der Waals surface area contributed by atoms with Crippen LogP contribution in [0.4, 0.5) is 4.39 Å². The summed E-state index contributed by atoms with van der Waals surface area (Å²) in [5.74, 6) is -0.505. The third-order valence-corrected chi connectivity index (χ3v) is 0.892. The molecule has 0 saturated carbocycles. The van der Waals surface area contributed by atoms with E-state index >= 15 is 0 Å². The molecule has 0 aliphatic heterocycles. The van der Waals surface area contributed by atoms with Crippen molar-refractivity contribution in [1.29, 1.82) is 0 Å². The molecule has 2 heteroatoms. The number of benzene rings is 1. The van der Waals surface area contributed by atoms with E-state index in [0.29, 0.717) is 5.02 Å². The Hall–Kier alpha value is -0.560. The molecule has 0 amide bonds. The second-order valence-corrected chi connectivity index (χ2v) is 1.71. The first kappa shape index (κ1) is 5.57. The molecule has 0 aliphatic rings. The van der Waals surface area contributed by atoms with Crippen LogP contribution in [0.25, 0.3) is 0 Å². The van der Waals surface area contributed by atoms with Crippen LogP contribution in [-0.2, 0) is 0 Å². The zero-order valence-electron chi connectivity index (χ0n) is 3.91. The van der Waals surface area contributed by atoms with E-state index in [4.69, 9.17) is 11.6 Å². The second-order valence-electron chi connectivity index (χ2n) is 1.28. The smallest absolute Gasteiger partial charge is 0.139 e. The third kappa shape index (κ3) is 1.20. The Labute approximate surface area is 51.9 Å². The lowest BCUT2D eigenvalue weighted by atomic mass is 10.4. The van der Waals surface area contributed by atoms with Gasteiger partial charge in [-0.2, -0.15) is 0 Å². The van der Waals surface area contributed by atoms with Crippen molar-refractivity contribution in [1.82, 2.24) is 0 Å². The number of hydrogen-bond donors (Lipinski definition) is 0. The van der Waals surface area contributed by atoms with Gasteiger partial charge in [0.25, 0.3) is 0 Å². The van der Waals surface area contributed by atoms with Crippen molar-refractivity contribution in [2.45, 2.75) is 0 Å². The highest BCUT2D eigenvalue weighted by atomic mass is 35.5. The number of rotatable bonds is 0. The Kier molecular flexibility index (Phi) is 1.49. The minimum absolute atomic E-state index is 0.450. The maximum atomic E-state index is 11.9. The molecule has 40 valence electrons. The molecule has 0 saturated heterocycles. The van der Waals surface area contributed by atoms with E-state index in [9.17, 15) is 4.39 Å². The standard InChI is InChI=1S/C6H2ClF/c7-5-1-3-6(8)4-2-5/h1-2H. The summed E-state index contributed by atoms with van der Waals surface area (Å²) in [6, 6.07) is 7.20. The van der Waals surface area contributed by atoms with Gasteiger partial charge in [-0.05, 0) is 12.1 Å². The molecule has 2 radical (unpaired) electrons. The van der Waals surface area contributed by atoms with E-state index in [0.717, 1.165) is 0 Å². The van der Waals surface area contributed by atoms with Gasteiger partial charge in [0.15, 0.2) is 0 Å². The van der Waals surface area contributed by atoms with E-state index in [-0.39, 0.29) is 0 Å². The van der Waals surface area contributed by atoms with E-state index < -0.39 is 5.82 Å². The molecule has 0 spiro atoms. The normalized spacial score (nSPS) is 9.25. The molecular formula is C6H2ClF. The fraction of sp³-hybridized carbons (Fsp3) is 0. The summed E-state index contributed by atoms with van der Waals surface area (Å²) in [6.45, 7) is 0. The highest BCUT2D eigenvalue weighted by Crippen LogP contribution is 2.05. The highest BCUT2D eigenvalue weighted by Gasteiger charge is 1.87. The Morgan fingerprint density at radius 2 is 1.88 bits per heavy atom. The van der Waals surface area contributed by atoms with Crippen LogP contribution >= 0.6 is 11.6 Å². The van der Waals surface area contributed by atoms with Crippen molar-refractivity contribution in [3.63, 3.8) is 0 Å². The Bertz CT molecular complexity index is 147. The lowest BCUT2D eigenvalue weighted by Crippen LogP contribution is -1.69. The minimum atomic E-state index is -0.505. The SMILES string of the molecule is Fc1[c]cc(Cl)c[c]1. The quantitative estimate of drug-likeness (QED) is 0.502. The lowest BCUT2D eigenvalue weighted by Gasteiger charge is -1.83. The van der Waals surface area contributed by atoms with Gasteiger partial charge >= 0.3 is 0 Å². The van der Waals surface area contributed by atoms with E-state index in [2.05, 4.69) is 12.1 Å². The average molecular weight is 129 g/mol. The first-order valence-electron chi connectivity index (χ1n) is 2.03. The summed E-state index contributed by atoms with van der Waals surface area (Å²) < 4.78 is 11.9. The second kappa shape index (κ2) is 2.14. The largest absolute Gasteiger partial charge is 0.206 e. The van der Waals surface area contributed by atoms with Gasteiger partial charge in [-0.1, -0.05) is 11.6 Å². The molecule has 1 aromatic carbocycles. The molecule has 0 fully saturated rings. The third-order valence-electron chi connectivity index (χ3n) is 0.674. The summed E-state index contributed by atoms with van der Waals surface area (Å²) in [5.41, 5.74) is 0. The van der Waals surface area contributed by atoms with Crippen LogP contribution in [0.2, 0.25) is 5.02 Å². The van der Waals surface area contributed by atoms with Gasteiger partial charge in [-0.25, -0.2) is 4.39 Å². The van der Waals surface area contributed by atoms with Crippen LogP contribution in [0.5, 0.6) is 0 Å². The highest BCUT2D eigenvalue weighted by molar-refractivity contribution is 6.30. The van der Waals surface area contributed by atoms with Crippen LogP contribution in [0.3, 0.4) is 0 Å². The van der Waals surface area contributed by atoms with E-state index in [1.54, 1.807) is 0 Å². The Morgan fingerprint density at radius 3 is 2.25 bits per heavy atom. The van der Waals surface area contributed by atoms with Gasteiger partial charge < -0.3 is 0 Å². The molecule has 0 atom stereocenters. The first-order valence-corrected chi connectivity index (χ1v) is 2.41. The van der Waals surface area contributed by atoms with Crippen LogP contribution in [-0.4, -0.2) is 0 Å². The molecule has 0 aliphatic carbocycles. The summed E-state index contributed by atoms with van der Waals surface area (Å²) >= 11 is 5.38. The molecular weight excluding hydrogens is 127 g/mol. The summed E-state index contributed by atoms with van der Waals surface area (Å²) in [4.78, 5) is 0. The van der Waals surface area contributed by atoms with Crippen LogP contribution in [0.1, 0.15) is 0 Å². The Balaban J connectivity index is 3.03. The van der Waals surface area contributed by atoms with Gasteiger partial charge in [-0.15, -0.1) is 0 Å². The van der Waals surface area contributed by atoms with Crippen molar-refractivity contribution >= 4 is 11.6 Å². The van der Waals surface area contributed by atoms with Gasteiger partial charge in [-0.3, -0.25) is 0 Å². The Morgan fingerprint density at radius 1 is 1.38 bits per heavy atom. The maximum Gasteiger partial charge on any atom is 0.139 e. The summed E-state index contributed by atoms with van der Waals surface area (Å²) in [6.07, 6.45) is 0. The van der Waals surface area contributed by atoms with Gasteiger partial charge in [0.2, 0.25) is 0 Å².